The second kappa shape index (κ2) is 9.79. The van der Waals surface area contributed by atoms with E-state index in [-0.39, 0.29) is 5.91 Å². The summed E-state index contributed by atoms with van der Waals surface area (Å²) in [6.45, 7) is 3.58. The molecule has 4 nitrogen and oxygen atoms in total. The number of nitrogens with zero attached hydrogens (tertiary/aromatic N) is 2. The summed E-state index contributed by atoms with van der Waals surface area (Å²) < 4.78 is 8.30. The Hall–Kier alpha value is -2.44. The van der Waals surface area contributed by atoms with Crippen LogP contribution >= 0.6 is 34.5 Å². The van der Waals surface area contributed by atoms with E-state index in [1.165, 1.54) is 11.3 Å². The van der Waals surface area contributed by atoms with E-state index in [4.69, 9.17) is 27.9 Å². The Labute approximate surface area is 194 Å². The lowest BCUT2D eigenvalue weighted by Crippen LogP contribution is -2.20. The van der Waals surface area contributed by atoms with Gasteiger partial charge in [0.05, 0.1) is 21.8 Å². The summed E-state index contributed by atoms with van der Waals surface area (Å²) in [6.07, 6.45) is 0. The van der Waals surface area contributed by atoms with E-state index in [0.717, 1.165) is 21.3 Å². The topological polar surface area (TPSA) is 43.6 Å². The van der Waals surface area contributed by atoms with Crippen LogP contribution in [0.25, 0.3) is 21.3 Å². The molecule has 0 saturated carbocycles. The second-order valence-electron chi connectivity index (χ2n) is 6.83. The molecule has 7 heteroatoms. The van der Waals surface area contributed by atoms with Gasteiger partial charge in [0.2, 0.25) is 0 Å². The molecule has 4 aromatic rings. The third kappa shape index (κ3) is 4.91. The molecule has 0 atom stereocenters. The first-order valence-corrected chi connectivity index (χ1v) is 11.4. The first kappa shape index (κ1) is 21.8. The fraction of sp³-hybridized carbons (Fsp3) is 0.167. The molecule has 0 unspecified atom stereocenters. The number of carbonyl (C=O) groups is 1. The van der Waals surface area contributed by atoms with Crippen LogP contribution in [0, 0.1) is 0 Å². The molecule has 0 fully saturated rings. The lowest BCUT2D eigenvalue weighted by Gasteiger charge is -2.07. The Balaban J connectivity index is 1.71. The Morgan fingerprint density at radius 2 is 1.74 bits per heavy atom. The highest BCUT2D eigenvalue weighted by Gasteiger charge is 2.13. The average Bonchev–Trinajstić information content (AvgIpc) is 3.11. The maximum atomic E-state index is 12.9. The molecule has 0 aliphatic carbocycles. The summed E-state index contributed by atoms with van der Waals surface area (Å²) in [6, 6.07) is 21.0. The molecular weight excluding hydrogens is 451 g/mol. The number of amides is 1. The lowest BCUT2D eigenvalue weighted by molar-refractivity contribution is 0.0996. The van der Waals surface area contributed by atoms with Gasteiger partial charge in [-0.1, -0.05) is 77.0 Å². The molecule has 0 N–H and O–H groups in total. The second-order valence-corrected chi connectivity index (χ2v) is 8.68. The van der Waals surface area contributed by atoms with Crippen molar-refractivity contribution in [2.45, 2.75) is 13.5 Å². The first-order chi connectivity index (χ1) is 15.1. The zero-order valence-corrected chi connectivity index (χ0v) is 19.2. The fourth-order valence-electron chi connectivity index (χ4n) is 3.31. The van der Waals surface area contributed by atoms with Crippen molar-refractivity contribution in [2.24, 2.45) is 4.99 Å². The monoisotopic (exact) mass is 470 g/mol. The Morgan fingerprint density at radius 3 is 2.45 bits per heavy atom. The molecule has 0 radical (unpaired) electrons. The molecular formula is C24H20Cl2N2O2S. The molecule has 1 amide bonds. The van der Waals surface area contributed by atoms with Crippen molar-refractivity contribution in [3.8, 4) is 11.1 Å². The van der Waals surface area contributed by atoms with Gasteiger partial charge in [0.25, 0.3) is 5.91 Å². The predicted molar refractivity (Wildman–Crippen MR) is 128 cm³/mol. The van der Waals surface area contributed by atoms with Crippen molar-refractivity contribution in [1.29, 1.82) is 0 Å². The van der Waals surface area contributed by atoms with Gasteiger partial charge in [0, 0.05) is 23.7 Å². The van der Waals surface area contributed by atoms with Gasteiger partial charge in [-0.2, -0.15) is 4.99 Å². The third-order valence-electron chi connectivity index (χ3n) is 4.79. The fourth-order valence-corrected chi connectivity index (χ4v) is 5.15. The zero-order chi connectivity index (χ0) is 21.8. The average molecular weight is 471 g/mol. The van der Waals surface area contributed by atoms with Gasteiger partial charge >= 0.3 is 0 Å². The minimum atomic E-state index is -0.307. The molecule has 0 aliphatic rings. The highest BCUT2D eigenvalue weighted by atomic mass is 35.5. The van der Waals surface area contributed by atoms with E-state index in [2.05, 4.69) is 4.99 Å². The van der Waals surface area contributed by atoms with E-state index in [9.17, 15) is 4.79 Å². The quantitative estimate of drug-likeness (QED) is 0.303. The minimum Gasteiger partial charge on any atom is -0.380 e. The first-order valence-electron chi connectivity index (χ1n) is 9.87. The highest BCUT2D eigenvalue weighted by Crippen LogP contribution is 2.29. The van der Waals surface area contributed by atoms with E-state index >= 15 is 0 Å². The lowest BCUT2D eigenvalue weighted by atomic mass is 10.0. The molecule has 3 aromatic carbocycles. The van der Waals surface area contributed by atoms with Crippen molar-refractivity contribution >= 4 is 50.7 Å². The number of hydrogen-bond acceptors (Lipinski definition) is 3. The Bertz CT molecular complexity index is 1280. The summed E-state index contributed by atoms with van der Waals surface area (Å²) in [7, 11) is 0. The van der Waals surface area contributed by atoms with Crippen molar-refractivity contribution in [3.05, 3.63) is 87.1 Å². The standard InChI is InChI=1S/C24H20Cl2N2O2S/c1-2-30-13-12-28-22-20(26)14-19(25)15-21(22)31-24(28)27-23(29)18-10-8-17(9-11-18)16-6-4-3-5-7-16/h3-11,14-15H,2,12-13H2,1H3. The number of fused-ring (bicyclic) bond motifs is 1. The van der Waals surface area contributed by atoms with E-state index in [1.54, 1.807) is 18.2 Å². The van der Waals surface area contributed by atoms with Crippen LogP contribution < -0.4 is 4.80 Å². The van der Waals surface area contributed by atoms with Crippen molar-refractivity contribution in [3.63, 3.8) is 0 Å². The van der Waals surface area contributed by atoms with Crippen LogP contribution in [0.3, 0.4) is 0 Å². The number of benzene rings is 3. The van der Waals surface area contributed by atoms with Gasteiger partial charge in [-0.05, 0) is 42.3 Å². The molecule has 0 bridgehead atoms. The molecule has 158 valence electrons. The number of rotatable bonds is 6. The van der Waals surface area contributed by atoms with Gasteiger partial charge in [0.1, 0.15) is 0 Å². The van der Waals surface area contributed by atoms with Crippen LogP contribution in [0.2, 0.25) is 10.0 Å². The summed E-state index contributed by atoms with van der Waals surface area (Å²) in [5, 5.41) is 1.07. The van der Waals surface area contributed by atoms with Crippen LogP contribution in [0.4, 0.5) is 0 Å². The molecule has 1 aromatic heterocycles. The van der Waals surface area contributed by atoms with Crippen molar-refractivity contribution in [2.75, 3.05) is 13.2 Å². The number of carbonyl (C=O) groups excluding carboxylic acids is 1. The van der Waals surface area contributed by atoms with E-state index in [0.29, 0.717) is 40.2 Å². The predicted octanol–water partition coefficient (Wildman–Crippen LogP) is 6.45. The molecule has 0 spiro atoms. The molecule has 31 heavy (non-hydrogen) atoms. The number of ether oxygens (including phenoxy) is 1. The van der Waals surface area contributed by atoms with Crippen LogP contribution in [-0.2, 0) is 11.3 Å². The normalized spacial score (nSPS) is 11.9. The largest absolute Gasteiger partial charge is 0.380 e. The Kier molecular flexibility index (Phi) is 6.88. The van der Waals surface area contributed by atoms with Crippen molar-refractivity contribution < 1.29 is 9.53 Å². The molecule has 0 saturated heterocycles. The number of halogens is 2. The van der Waals surface area contributed by atoms with Gasteiger partial charge in [-0.25, -0.2) is 0 Å². The van der Waals surface area contributed by atoms with Crippen LogP contribution in [0.1, 0.15) is 17.3 Å². The van der Waals surface area contributed by atoms with Gasteiger partial charge in [-0.15, -0.1) is 0 Å². The van der Waals surface area contributed by atoms with E-state index < -0.39 is 0 Å². The number of aromatic nitrogens is 1. The minimum absolute atomic E-state index is 0.307. The summed E-state index contributed by atoms with van der Waals surface area (Å²) in [5.41, 5.74) is 3.48. The van der Waals surface area contributed by atoms with Crippen LogP contribution in [0.15, 0.2) is 71.7 Å². The van der Waals surface area contributed by atoms with E-state index in [1.807, 2.05) is 60.0 Å². The zero-order valence-electron chi connectivity index (χ0n) is 16.8. The van der Waals surface area contributed by atoms with Crippen molar-refractivity contribution in [1.82, 2.24) is 4.57 Å². The summed E-state index contributed by atoms with van der Waals surface area (Å²) in [5.74, 6) is -0.307. The SMILES string of the molecule is CCOCCn1c(=NC(=O)c2ccc(-c3ccccc3)cc2)sc2cc(Cl)cc(Cl)c21. The maximum Gasteiger partial charge on any atom is 0.279 e. The number of thiazole rings is 1. The van der Waals surface area contributed by atoms with Gasteiger partial charge in [0.15, 0.2) is 4.80 Å². The van der Waals surface area contributed by atoms with Gasteiger partial charge < -0.3 is 9.30 Å². The van der Waals surface area contributed by atoms with Gasteiger partial charge in [-0.3, -0.25) is 4.79 Å². The molecule has 1 heterocycles. The third-order valence-corrected chi connectivity index (χ3v) is 6.33. The Morgan fingerprint density at radius 1 is 1.03 bits per heavy atom. The van der Waals surface area contributed by atoms with Crippen LogP contribution in [-0.4, -0.2) is 23.7 Å². The molecule has 0 aliphatic heterocycles. The maximum absolute atomic E-state index is 12.9. The summed E-state index contributed by atoms with van der Waals surface area (Å²) in [4.78, 5) is 17.9. The highest BCUT2D eigenvalue weighted by molar-refractivity contribution is 7.16. The molecule has 4 rings (SSSR count). The number of hydrogen-bond donors (Lipinski definition) is 0. The van der Waals surface area contributed by atoms with Crippen LogP contribution in [0.5, 0.6) is 0 Å². The summed E-state index contributed by atoms with van der Waals surface area (Å²) >= 11 is 14.0. The smallest absolute Gasteiger partial charge is 0.279 e.